The van der Waals surface area contributed by atoms with Gasteiger partial charge in [-0.2, -0.15) is 0 Å². The molecule has 0 saturated heterocycles. The average Bonchev–Trinajstić information content (AvgIpc) is 1.86. The van der Waals surface area contributed by atoms with Gasteiger partial charge in [-0.05, 0) is 24.3 Å². The molecule has 1 aromatic carbocycles. The Balaban J connectivity index is 3.20. The second kappa shape index (κ2) is 3.18. The molecule has 11 heavy (non-hydrogen) atoms. The number of hydrogen-bond acceptors (Lipinski definition) is 2. The number of hydrogen-bond donors (Lipinski definition) is 1. The van der Waals surface area contributed by atoms with Gasteiger partial charge in [0.15, 0.2) is 8.77 Å². The van der Waals surface area contributed by atoms with E-state index in [-0.39, 0.29) is 4.90 Å². The molecule has 1 N–H and O–H groups in total. The summed E-state index contributed by atoms with van der Waals surface area (Å²) in [6.45, 7) is 0. The van der Waals surface area contributed by atoms with Gasteiger partial charge >= 0.3 is 0 Å². The van der Waals surface area contributed by atoms with Crippen LogP contribution in [0.15, 0.2) is 33.6 Å². The Hall–Kier alpha value is 0.0300. The summed E-state index contributed by atoms with van der Waals surface area (Å²) in [6, 6.07) is 6.41. The van der Waals surface area contributed by atoms with Gasteiger partial charge in [-0.1, -0.05) is 15.9 Å². The normalized spacial score (nSPS) is 15.8. The third-order valence-electron chi connectivity index (χ3n) is 1.11. The van der Waals surface area contributed by atoms with Gasteiger partial charge in [0.1, 0.15) is 0 Å². The molecule has 0 spiro atoms. The van der Waals surface area contributed by atoms with E-state index in [4.69, 9.17) is 4.55 Å². The monoisotopic (exact) mass is 252 g/mol. The van der Waals surface area contributed by atoms with Gasteiger partial charge in [-0.3, -0.25) is 0 Å². The summed E-state index contributed by atoms with van der Waals surface area (Å²) in [5.74, 6) is 0. The fourth-order valence-electron chi connectivity index (χ4n) is 0.607. The lowest BCUT2D eigenvalue weighted by molar-refractivity contribution is 0.561. The molecular formula is C6H5BrO2S2. The summed E-state index contributed by atoms with van der Waals surface area (Å²) < 4.78 is 20.6. The van der Waals surface area contributed by atoms with Gasteiger partial charge in [0, 0.05) is 15.7 Å². The SMILES string of the molecule is O=S(O)(=S)c1ccc(Br)cc1. The van der Waals surface area contributed by atoms with Crippen LogP contribution in [0.4, 0.5) is 0 Å². The molecule has 1 atom stereocenters. The van der Waals surface area contributed by atoms with Gasteiger partial charge < -0.3 is 4.55 Å². The Kier molecular flexibility index (Phi) is 2.64. The van der Waals surface area contributed by atoms with Crippen LogP contribution in [0.3, 0.4) is 0 Å². The number of benzene rings is 1. The number of rotatable bonds is 1. The van der Waals surface area contributed by atoms with Gasteiger partial charge in [-0.25, -0.2) is 4.21 Å². The summed E-state index contributed by atoms with van der Waals surface area (Å²) in [7, 11) is -3.21. The van der Waals surface area contributed by atoms with Crippen LogP contribution in [-0.2, 0) is 20.0 Å². The molecule has 0 amide bonds. The molecule has 1 aromatic rings. The summed E-state index contributed by atoms with van der Waals surface area (Å²) in [4.78, 5) is 0.274. The van der Waals surface area contributed by atoms with E-state index in [0.29, 0.717) is 0 Å². The average molecular weight is 253 g/mol. The first-order valence-corrected chi connectivity index (χ1v) is 5.96. The molecule has 0 aliphatic heterocycles. The van der Waals surface area contributed by atoms with Crippen LogP contribution in [0.1, 0.15) is 0 Å². The topological polar surface area (TPSA) is 37.3 Å². The zero-order valence-electron chi connectivity index (χ0n) is 5.36. The summed E-state index contributed by atoms with van der Waals surface area (Å²) in [5.41, 5.74) is 0. The quantitative estimate of drug-likeness (QED) is 0.832. The molecular weight excluding hydrogens is 248 g/mol. The van der Waals surface area contributed by atoms with Crippen LogP contribution < -0.4 is 0 Å². The molecule has 2 nitrogen and oxygen atoms in total. The highest BCUT2D eigenvalue weighted by atomic mass is 79.9. The largest absolute Gasteiger partial charge is 0.302 e. The fraction of sp³-hybridized carbons (Fsp3) is 0. The maximum Gasteiger partial charge on any atom is 0.171 e. The zero-order chi connectivity index (χ0) is 8.48. The molecule has 0 fully saturated rings. The van der Waals surface area contributed by atoms with Crippen LogP contribution in [0.2, 0.25) is 0 Å². The maximum atomic E-state index is 10.9. The maximum absolute atomic E-state index is 10.9. The van der Waals surface area contributed by atoms with Crippen molar-refractivity contribution < 1.29 is 8.76 Å². The van der Waals surface area contributed by atoms with E-state index in [1.54, 1.807) is 12.1 Å². The van der Waals surface area contributed by atoms with Crippen LogP contribution in [0.5, 0.6) is 0 Å². The predicted molar refractivity (Wildman–Crippen MR) is 50.5 cm³/mol. The smallest absolute Gasteiger partial charge is 0.171 e. The minimum absolute atomic E-state index is 0.274. The molecule has 0 bridgehead atoms. The first-order chi connectivity index (χ1) is 5.00. The van der Waals surface area contributed by atoms with Crippen LogP contribution in [-0.4, -0.2) is 8.76 Å². The Bertz CT molecular complexity index is 341. The van der Waals surface area contributed by atoms with E-state index >= 15 is 0 Å². The Labute approximate surface area is 78.3 Å². The minimum Gasteiger partial charge on any atom is -0.302 e. The zero-order valence-corrected chi connectivity index (χ0v) is 8.58. The van der Waals surface area contributed by atoms with Crippen LogP contribution in [0, 0.1) is 0 Å². The van der Waals surface area contributed by atoms with E-state index in [1.165, 1.54) is 12.1 Å². The Morgan fingerprint density at radius 3 is 2.18 bits per heavy atom. The highest BCUT2D eigenvalue weighted by molar-refractivity contribution is 9.10. The van der Waals surface area contributed by atoms with Crippen LogP contribution in [0.25, 0.3) is 0 Å². The van der Waals surface area contributed by atoms with Crippen molar-refractivity contribution in [1.82, 2.24) is 0 Å². The molecule has 0 aliphatic rings. The highest BCUT2D eigenvalue weighted by Gasteiger charge is 2.02. The van der Waals surface area contributed by atoms with Crippen LogP contribution >= 0.6 is 15.9 Å². The summed E-state index contributed by atoms with van der Waals surface area (Å²) in [6.07, 6.45) is 0. The van der Waals surface area contributed by atoms with E-state index in [9.17, 15) is 4.21 Å². The third-order valence-corrected chi connectivity index (χ3v) is 3.09. The molecule has 0 radical (unpaired) electrons. The lowest BCUT2D eigenvalue weighted by Crippen LogP contribution is -1.94. The molecule has 0 heterocycles. The van der Waals surface area contributed by atoms with Gasteiger partial charge in [0.2, 0.25) is 0 Å². The second-order valence-corrected chi connectivity index (χ2v) is 5.62. The summed E-state index contributed by atoms with van der Waals surface area (Å²) in [5, 5.41) is 0. The van der Waals surface area contributed by atoms with E-state index < -0.39 is 8.77 Å². The number of halogens is 1. The van der Waals surface area contributed by atoms with Crippen molar-refractivity contribution in [1.29, 1.82) is 0 Å². The van der Waals surface area contributed by atoms with Crippen molar-refractivity contribution in [2.45, 2.75) is 4.90 Å². The Morgan fingerprint density at radius 2 is 1.82 bits per heavy atom. The van der Waals surface area contributed by atoms with Crippen molar-refractivity contribution in [2.75, 3.05) is 0 Å². The second-order valence-electron chi connectivity index (χ2n) is 1.93. The predicted octanol–water partition coefficient (Wildman–Crippen LogP) is 2.03. The molecule has 0 aliphatic carbocycles. The van der Waals surface area contributed by atoms with Crippen molar-refractivity contribution in [2.24, 2.45) is 0 Å². The lowest BCUT2D eigenvalue weighted by Gasteiger charge is -1.97. The molecule has 1 unspecified atom stereocenters. The third kappa shape index (κ3) is 2.52. The standard InChI is InChI=1S/C6H5BrO2S2/c7-5-1-3-6(4-2-5)11(8,9)10/h1-4H,(H,8,9,10). The molecule has 60 valence electrons. The highest BCUT2D eigenvalue weighted by Crippen LogP contribution is 2.14. The van der Waals surface area contributed by atoms with Crippen molar-refractivity contribution in [3.8, 4) is 0 Å². The molecule has 5 heteroatoms. The van der Waals surface area contributed by atoms with E-state index in [2.05, 4.69) is 27.1 Å². The van der Waals surface area contributed by atoms with Gasteiger partial charge in [0.25, 0.3) is 0 Å². The van der Waals surface area contributed by atoms with E-state index in [0.717, 1.165) is 4.47 Å². The molecule has 0 saturated carbocycles. The van der Waals surface area contributed by atoms with Crippen molar-refractivity contribution in [3.63, 3.8) is 0 Å². The summed E-state index contributed by atoms with van der Waals surface area (Å²) >= 11 is 7.57. The molecule has 0 aromatic heterocycles. The first kappa shape index (κ1) is 9.12. The van der Waals surface area contributed by atoms with Crippen molar-refractivity contribution >= 4 is 35.9 Å². The molecule has 1 rings (SSSR count). The van der Waals surface area contributed by atoms with Gasteiger partial charge in [-0.15, -0.1) is 0 Å². The lowest BCUT2D eigenvalue weighted by atomic mass is 10.4. The minimum atomic E-state index is -3.21. The first-order valence-electron chi connectivity index (χ1n) is 2.73. The van der Waals surface area contributed by atoms with E-state index in [1.807, 2.05) is 0 Å². The fourth-order valence-corrected chi connectivity index (χ4v) is 1.68. The Morgan fingerprint density at radius 1 is 1.36 bits per heavy atom. The van der Waals surface area contributed by atoms with Crippen molar-refractivity contribution in [3.05, 3.63) is 28.7 Å². The van der Waals surface area contributed by atoms with Gasteiger partial charge in [0.05, 0.1) is 4.90 Å².